The minimum atomic E-state index is -0.627. The maximum atomic E-state index is 13.1. The van der Waals surface area contributed by atoms with Crippen molar-refractivity contribution in [1.82, 2.24) is 9.61 Å². The largest absolute Gasteiger partial charge is 0.321 e. The smallest absolute Gasteiger partial charge is 0.183 e. The molecule has 1 atom stereocenters. The first-order valence-corrected chi connectivity index (χ1v) is 6.61. The van der Waals surface area contributed by atoms with E-state index in [0.29, 0.717) is 22.3 Å². The number of benzene rings is 1. The molecular weight excluding hydrogens is 305 g/mol. The van der Waals surface area contributed by atoms with Crippen molar-refractivity contribution < 1.29 is 9.18 Å². The van der Waals surface area contributed by atoms with Gasteiger partial charge in [0.25, 0.3) is 0 Å². The molecule has 2 heterocycles. The van der Waals surface area contributed by atoms with Crippen LogP contribution < -0.4 is 5.73 Å². The lowest BCUT2D eigenvalue weighted by molar-refractivity contribution is 0.0970. The molecule has 0 aliphatic rings. The number of fused-ring (bicyclic) bond motifs is 1. The summed E-state index contributed by atoms with van der Waals surface area (Å²) in [7, 11) is 0. The molecule has 4 nitrogen and oxygen atoms in total. The second-order valence-electron chi connectivity index (χ2n) is 4.91. The van der Waals surface area contributed by atoms with E-state index in [1.807, 2.05) is 18.2 Å². The van der Waals surface area contributed by atoms with Crippen molar-refractivity contribution in [3.63, 3.8) is 0 Å². The molecule has 0 fully saturated rings. The molecule has 2 aromatic heterocycles. The molecule has 0 spiro atoms. The Bertz CT molecular complexity index is 812. The Balaban J connectivity index is 0.00000176. The van der Waals surface area contributed by atoms with E-state index >= 15 is 0 Å². The fraction of sp³-hybridized carbons (Fsp3) is 0.125. The number of nitrogens with two attached hydrogens (primary N) is 1. The van der Waals surface area contributed by atoms with Crippen LogP contribution in [0.15, 0.2) is 48.7 Å². The molecule has 3 rings (SSSR count). The van der Waals surface area contributed by atoms with Crippen molar-refractivity contribution in [2.24, 2.45) is 5.73 Å². The normalized spacial score (nSPS) is 12.0. The number of ketones is 1. The molecule has 0 radical (unpaired) electrons. The quantitative estimate of drug-likeness (QED) is 0.755. The minimum Gasteiger partial charge on any atom is -0.321 e. The topological polar surface area (TPSA) is 60.4 Å². The van der Waals surface area contributed by atoms with Gasteiger partial charge in [-0.05, 0) is 43.3 Å². The Morgan fingerprint density at radius 3 is 2.55 bits per heavy atom. The number of rotatable bonds is 3. The van der Waals surface area contributed by atoms with Crippen LogP contribution in [0.25, 0.3) is 16.8 Å². The van der Waals surface area contributed by atoms with Gasteiger partial charge in [0.1, 0.15) is 11.5 Å². The van der Waals surface area contributed by atoms with Crippen LogP contribution in [-0.4, -0.2) is 21.4 Å². The van der Waals surface area contributed by atoms with Crippen molar-refractivity contribution in [3.05, 3.63) is 60.0 Å². The number of pyridine rings is 1. The molecule has 3 aromatic rings. The second-order valence-corrected chi connectivity index (χ2v) is 4.91. The zero-order valence-electron chi connectivity index (χ0n) is 11.9. The fourth-order valence-electron chi connectivity index (χ4n) is 2.28. The third-order valence-corrected chi connectivity index (χ3v) is 3.32. The average molecular weight is 320 g/mol. The molecule has 0 bridgehead atoms. The first kappa shape index (κ1) is 16.1. The Labute approximate surface area is 133 Å². The van der Waals surface area contributed by atoms with E-state index in [9.17, 15) is 9.18 Å². The molecule has 0 saturated carbocycles. The van der Waals surface area contributed by atoms with Crippen LogP contribution >= 0.6 is 12.4 Å². The standard InChI is InChI=1S/C16H14FN3O.ClH/c1-10(18)16(21)14-13-4-2-3-9-20(13)19-15(14)11-5-7-12(17)8-6-11;/h2-10H,18H2,1H3;1H. The van der Waals surface area contributed by atoms with Gasteiger partial charge in [-0.1, -0.05) is 6.07 Å². The fourth-order valence-corrected chi connectivity index (χ4v) is 2.28. The Hall–Kier alpha value is -2.24. The maximum Gasteiger partial charge on any atom is 0.183 e. The second kappa shape index (κ2) is 6.25. The lowest BCUT2D eigenvalue weighted by atomic mass is 10.00. The molecular formula is C16H15ClFN3O. The van der Waals surface area contributed by atoms with Crippen molar-refractivity contribution in [2.75, 3.05) is 0 Å². The summed E-state index contributed by atoms with van der Waals surface area (Å²) in [5.74, 6) is -0.516. The maximum absolute atomic E-state index is 13.1. The van der Waals surface area contributed by atoms with Crippen LogP contribution in [-0.2, 0) is 0 Å². The molecule has 0 aliphatic carbocycles. The molecule has 0 aliphatic heterocycles. The molecule has 0 amide bonds. The monoisotopic (exact) mass is 319 g/mol. The third kappa shape index (κ3) is 2.73. The van der Waals surface area contributed by atoms with Gasteiger partial charge < -0.3 is 5.73 Å². The first-order valence-electron chi connectivity index (χ1n) is 6.61. The van der Waals surface area contributed by atoms with E-state index in [1.165, 1.54) is 12.1 Å². The first-order chi connectivity index (χ1) is 10.1. The molecule has 1 unspecified atom stereocenters. The number of carbonyl (C=O) groups excluding carboxylic acids is 1. The van der Waals surface area contributed by atoms with E-state index in [1.54, 1.807) is 29.8 Å². The number of hydrogen-bond acceptors (Lipinski definition) is 3. The molecule has 22 heavy (non-hydrogen) atoms. The minimum absolute atomic E-state index is 0. The van der Waals surface area contributed by atoms with Crippen LogP contribution in [0.2, 0.25) is 0 Å². The number of carbonyl (C=O) groups is 1. The van der Waals surface area contributed by atoms with E-state index in [-0.39, 0.29) is 24.0 Å². The van der Waals surface area contributed by atoms with Crippen LogP contribution in [0.4, 0.5) is 4.39 Å². The van der Waals surface area contributed by atoms with E-state index < -0.39 is 6.04 Å². The average Bonchev–Trinajstić information content (AvgIpc) is 2.86. The van der Waals surface area contributed by atoms with Crippen molar-refractivity contribution >= 4 is 23.7 Å². The van der Waals surface area contributed by atoms with Crippen LogP contribution in [0.5, 0.6) is 0 Å². The van der Waals surface area contributed by atoms with Crippen LogP contribution in [0.3, 0.4) is 0 Å². The number of Topliss-reactive ketones (excluding diaryl/α,β-unsaturated/α-hetero) is 1. The molecule has 1 aromatic carbocycles. The van der Waals surface area contributed by atoms with Crippen LogP contribution in [0, 0.1) is 5.82 Å². The van der Waals surface area contributed by atoms with Gasteiger partial charge in [0.15, 0.2) is 5.78 Å². The molecule has 0 saturated heterocycles. The van der Waals surface area contributed by atoms with Crippen molar-refractivity contribution in [2.45, 2.75) is 13.0 Å². The van der Waals surface area contributed by atoms with Crippen molar-refractivity contribution in [3.8, 4) is 11.3 Å². The summed E-state index contributed by atoms with van der Waals surface area (Å²) in [5, 5.41) is 4.43. The van der Waals surface area contributed by atoms with Gasteiger partial charge in [-0.3, -0.25) is 4.79 Å². The summed E-state index contributed by atoms with van der Waals surface area (Å²) in [6.07, 6.45) is 1.76. The highest BCUT2D eigenvalue weighted by molar-refractivity contribution is 6.10. The summed E-state index contributed by atoms with van der Waals surface area (Å²) < 4.78 is 14.7. The third-order valence-electron chi connectivity index (χ3n) is 3.32. The zero-order valence-corrected chi connectivity index (χ0v) is 12.7. The van der Waals surface area contributed by atoms with Crippen LogP contribution in [0.1, 0.15) is 17.3 Å². The summed E-state index contributed by atoms with van der Waals surface area (Å²) in [4.78, 5) is 12.4. The Morgan fingerprint density at radius 1 is 1.23 bits per heavy atom. The van der Waals surface area contributed by atoms with Gasteiger partial charge in [0.05, 0.1) is 17.1 Å². The van der Waals surface area contributed by atoms with Gasteiger partial charge in [0.2, 0.25) is 0 Å². The summed E-state index contributed by atoms with van der Waals surface area (Å²) in [6.45, 7) is 1.64. The SMILES string of the molecule is CC(N)C(=O)c1c(-c2ccc(F)cc2)nn2ccccc12.Cl. The van der Waals surface area contributed by atoms with Crippen molar-refractivity contribution in [1.29, 1.82) is 0 Å². The van der Waals surface area contributed by atoms with Gasteiger partial charge in [-0.25, -0.2) is 8.91 Å². The summed E-state index contributed by atoms with van der Waals surface area (Å²) in [5.41, 5.74) is 8.11. The zero-order chi connectivity index (χ0) is 15.0. The number of hydrogen-bond donors (Lipinski definition) is 1. The van der Waals surface area contributed by atoms with E-state index in [0.717, 1.165) is 0 Å². The lowest BCUT2D eigenvalue weighted by Crippen LogP contribution is -2.27. The highest BCUT2D eigenvalue weighted by Gasteiger charge is 2.22. The number of halogens is 2. The molecule has 114 valence electrons. The van der Waals surface area contributed by atoms with E-state index in [4.69, 9.17) is 5.73 Å². The van der Waals surface area contributed by atoms with Gasteiger partial charge in [-0.2, -0.15) is 5.10 Å². The number of aromatic nitrogens is 2. The predicted octanol–water partition coefficient (Wildman–Crippen LogP) is 3.09. The highest BCUT2D eigenvalue weighted by Crippen LogP contribution is 2.27. The number of nitrogens with zero attached hydrogens (tertiary/aromatic N) is 2. The molecule has 6 heteroatoms. The predicted molar refractivity (Wildman–Crippen MR) is 85.8 cm³/mol. The summed E-state index contributed by atoms with van der Waals surface area (Å²) in [6, 6.07) is 10.8. The van der Waals surface area contributed by atoms with Gasteiger partial charge in [-0.15, -0.1) is 12.4 Å². The molecule has 2 N–H and O–H groups in total. The van der Waals surface area contributed by atoms with Gasteiger partial charge in [0, 0.05) is 11.8 Å². The highest BCUT2D eigenvalue weighted by atomic mass is 35.5. The van der Waals surface area contributed by atoms with Gasteiger partial charge >= 0.3 is 0 Å². The summed E-state index contributed by atoms with van der Waals surface area (Å²) >= 11 is 0. The lowest BCUT2D eigenvalue weighted by Gasteiger charge is -2.05. The Kier molecular flexibility index (Phi) is 4.59. The van der Waals surface area contributed by atoms with E-state index in [2.05, 4.69) is 5.10 Å². The Morgan fingerprint density at radius 2 is 1.91 bits per heavy atom.